The van der Waals surface area contributed by atoms with Crippen LogP contribution in [0.1, 0.15) is 17.4 Å². The van der Waals surface area contributed by atoms with Gasteiger partial charge in [0.2, 0.25) is 0 Å². The first-order chi connectivity index (χ1) is 15.8. The summed E-state index contributed by atoms with van der Waals surface area (Å²) >= 11 is 0. The van der Waals surface area contributed by atoms with Gasteiger partial charge in [-0.15, -0.1) is 0 Å². The maximum Gasteiger partial charge on any atom is 0.315 e. The number of benzene rings is 2. The lowest BCUT2D eigenvalue weighted by Crippen LogP contribution is -2.37. The fourth-order valence-corrected chi connectivity index (χ4v) is 3.84. The number of rotatable bonds is 7. The van der Waals surface area contributed by atoms with Crippen LogP contribution in [0.5, 0.6) is 11.5 Å². The third-order valence-electron chi connectivity index (χ3n) is 4.96. The minimum absolute atomic E-state index is 0.0503. The Morgan fingerprint density at radius 2 is 1.79 bits per heavy atom. The number of carbonyl (C=O) groups excluding carboxylic acids is 1. The second-order valence-corrected chi connectivity index (χ2v) is 9.48. The third-order valence-corrected chi connectivity index (χ3v) is 6.09. The highest BCUT2D eigenvalue weighted by Crippen LogP contribution is 2.34. The number of urea groups is 1. The van der Waals surface area contributed by atoms with E-state index in [2.05, 4.69) is 15.8 Å². The smallest absolute Gasteiger partial charge is 0.315 e. The predicted molar refractivity (Wildman–Crippen MR) is 118 cm³/mol. The van der Waals surface area contributed by atoms with E-state index in [0.29, 0.717) is 41.7 Å². The van der Waals surface area contributed by atoms with Crippen molar-refractivity contribution >= 4 is 15.9 Å². The predicted octanol–water partition coefficient (Wildman–Crippen LogP) is 2.05. The molecule has 0 saturated carbocycles. The fraction of sp³-hybridized carbons (Fsp3) is 0.273. The summed E-state index contributed by atoms with van der Waals surface area (Å²) in [5.74, 6) is 1.84. The summed E-state index contributed by atoms with van der Waals surface area (Å²) in [5.41, 5.74) is 1.78. The van der Waals surface area contributed by atoms with Gasteiger partial charge in [-0.3, -0.25) is 0 Å². The van der Waals surface area contributed by atoms with E-state index in [1.54, 1.807) is 12.1 Å². The average molecular weight is 474 g/mol. The van der Waals surface area contributed by atoms with Crippen molar-refractivity contribution in [1.29, 1.82) is 0 Å². The fourth-order valence-electron chi connectivity index (χ4n) is 3.21. The number of hydrogen-bond acceptors (Lipinski definition) is 8. The molecule has 3 aromatic rings. The summed E-state index contributed by atoms with van der Waals surface area (Å²) in [6.07, 6.45) is 0.122. The van der Waals surface area contributed by atoms with Gasteiger partial charge in [-0.2, -0.15) is 0 Å². The van der Waals surface area contributed by atoms with Crippen LogP contribution >= 0.6 is 0 Å². The first kappa shape index (κ1) is 22.6. The van der Waals surface area contributed by atoms with Gasteiger partial charge < -0.3 is 29.7 Å². The Labute approximate surface area is 190 Å². The van der Waals surface area contributed by atoms with Crippen LogP contribution in [0.15, 0.2) is 57.9 Å². The van der Waals surface area contributed by atoms with E-state index in [1.165, 1.54) is 24.3 Å². The second-order valence-electron chi connectivity index (χ2n) is 7.46. The molecule has 1 aliphatic heterocycles. The molecule has 11 heteroatoms. The molecule has 0 bridgehead atoms. The Balaban J connectivity index is 1.27. The van der Waals surface area contributed by atoms with Crippen LogP contribution in [0.3, 0.4) is 0 Å². The largest absolute Gasteiger partial charge is 0.486 e. The quantitative estimate of drug-likeness (QED) is 0.474. The molecule has 0 aliphatic carbocycles. The normalized spacial score (nSPS) is 13.9. The minimum atomic E-state index is -3.31. The second kappa shape index (κ2) is 9.51. The van der Waals surface area contributed by atoms with Crippen LogP contribution in [-0.4, -0.2) is 50.7 Å². The van der Waals surface area contributed by atoms with Crippen molar-refractivity contribution in [2.75, 3.05) is 26.0 Å². The Kier molecular flexibility index (Phi) is 6.52. The molecule has 1 atom stereocenters. The molecule has 2 heterocycles. The number of aliphatic hydroxyl groups excluding tert-OH is 1. The van der Waals surface area contributed by atoms with Crippen LogP contribution in [0.25, 0.3) is 11.3 Å². The lowest BCUT2D eigenvalue weighted by molar-refractivity contribution is 0.171. The van der Waals surface area contributed by atoms with Crippen LogP contribution < -0.4 is 20.1 Å². The number of hydrogen-bond donors (Lipinski definition) is 3. The molecule has 174 valence electrons. The third kappa shape index (κ3) is 5.62. The van der Waals surface area contributed by atoms with E-state index in [0.717, 1.165) is 11.8 Å². The van der Waals surface area contributed by atoms with E-state index in [1.807, 2.05) is 12.1 Å². The van der Waals surface area contributed by atoms with Crippen molar-refractivity contribution < 1.29 is 32.3 Å². The lowest BCUT2D eigenvalue weighted by Gasteiger charge is -2.18. The Hall–Kier alpha value is -3.57. The molecule has 0 fully saturated rings. The summed E-state index contributed by atoms with van der Waals surface area (Å²) in [5, 5.41) is 19.4. The molecule has 0 radical (unpaired) electrons. The monoisotopic (exact) mass is 473 g/mol. The molecular formula is C22H23N3O7S. The highest BCUT2D eigenvalue weighted by atomic mass is 32.2. The topological polar surface area (TPSA) is 140 Å². The van der Waals surface area contributed by atoms with Gasteiger partial charge in [0.15, 0.2) is 27.1 Å². The Morgan fingerprint density at radius 1 is 1.06 bits per heavy atom. The van der Waals surface area contributed by atoms with Gasteiger partial charge >= 0.3 is 6.03 Å². The van der Waals surface area contributed by atoms with Crippen LogP contribution in [0, 0.1) is 0 Å². The molecule has 0 saturated heterocycles. The summed E-state index contributed by atoms with van der Waals surface area (Å²) in [6.45, 7) is 1.07. The van der Waals surface area contributed by atoms with E-state index in [4.69, 9.17) is 14.0 Å². The highest BCUT2D eigenvalue weighted by molar-refractivity contribution is 7.90. The number of nitrogens with zero attached hydrogens (tertiary/aromatic N) is 1. The summed E-state index contributed by atoms with van der Waals surface area (Å²) in [4.78, 5) is 12.2. The highest BCUT2D eigenvalue weighted by Gasteiger charge is 2.16. The number of carbonyl (C=O) groups is 1. The van der Waals surface area contributed by atoms with E-state index in [-0.39, 0.29) is 18.0 Å². The van der Waals surface area contributed by atoms with Crippen molar-refractivity contribution in [2.45, 2.75) is 17.5 Å². The number of fused-ring (bicyclic) bond motifs is 1. The van der Waals surface area contributed by atoms with E-state index < -0.39 is 22.0 Å². The molecule has 2 aromatic carbocycles. The Morgan fingerprint density at radius 3 is 2.52 bits per heavy atom. The van der Waals surface area contributed by atoms with Crippen molar-refractivity contribution in [3.8, 4) is 22.8 Å². The zero-order valence-electron chi connectivity index (χ0n) is 17.8. The number of ether oxygens (including phenoxy) is 2. The molecule has 1 aromatic heterocycles. The van der Waals surface area contributed by atoms with Gasteiger partial charge in [-0.05, 0) is 35.9 Å². The molecule has 1 aliphatic rings. The minimum Gasteiger partial charge on any atom is -0.486 e. The molecule has 10 nitrogen and oxygen atoms in total. The molecule has 3 N–H and O–H groups in total. The molecule has 0 spiro atoms. The van der Waals surface area contributed by atoms with Crippen molar-refractivity contribution in [2.24, 2.45) is 0 Å². The van der Waals surface area contributed by atoms with Crippen LogP contribution in [0.4, 0.5) is 4.79 Å². The average Bonchev–Trinajstić information content (AvgIpc) is 3.29. The molecular weight excluding hydrogens is 450 g/mol. The SMILES string of the molecule is CS(=O)(=O)c1ccc(C(O)CNC(=O)NCc2cc(-c3ccc4c(c3)OCCO4)on2)cc1. The molecule has 33 heavy (non-hydrogen) atoms. The van der Waals surface area contributed by atoms with Gasteiger partial charge in [-0.25, -0.2) is 13.2 Å². The summed E-state index contributed by atoms with van der Waals surface area (Å²) < 4.78 is 39.5. The van der Waals surface area contributed by atoms with Crippen LogP contribution in [0.2, 0.25) is 0 Å². The van der Waals surface area contributed by atoms with Gasteiger partial charge in [0.05, 0.1) is 17.5 Å². The van der Waals surface area contributed by atoms with Crippen molar-refractivity contribution in [3.63, 3.8) is 0 Å². The zero-order valence-corrected chi connectivity index (χ0v) is 18.6. The summed E-state index contributed by atoms with van der Waals surface area (Å²) in [7, 11) is -3.31. The van der Waals surface area contributed by atoms with E-state index in [9.17, 15) is 18.3 Å². The van der Waals surface area contributed by atoms with Crippen molar-refractivity contribution in [1.82, 2.24) is 15.8 Å². The zero-order chi connectivity index (χ0) is 23.4. The molecule has 2 amide bonds. The Bertz CT molecular complexity index is 1240. The number of amides is 2. The maximum absolute atomic E-state index is 12.1. The number of nitrogens with one attached hydrogen (secondary N) is 2. The number of sulfone groups is 1. The van der Waals surface area contributed by atoms with Gasteiger partial charge in [0, 0.05) is 24.4 Å². The van der Waals surface area contributed by atoms with Crippen molar-refractivity contribution in [3.05, 3.63) is 59.8 Å². The molecule has 4 rings (SSSR count). The lowest BCUT2D eigenvalue weighted by atomic mass is 10.1. The van der Waals surface area contributed by atoms with Gasteiger partial charge in [0.1, 0.15) is 18.9 Å². The van der Waals surface area contributed by atoms with Gasteiger partial charge in [-0.1, -0.05) is 17.3 Å². The summed E-state index contributed by atoms with van der Waals surface area (Å²) in [6, 6.07) is 12.5. The maximum atomic E-state index is 12.1. The number of aromatic nitrogens is 1. The van der Waals surface area contributed by atoms with Crippen LogP contribution in [-0.2, 0) is 16.4 Å². The number of aliphatic hydroxyl groups is 1. The standard InChI is InChI=1S/C22H23N3O7S/c1-33(28,29)17-5-2-14(3-6-17)18(26)13-24-22(27)23-12-16-11-20(32-25-16)15-4-7-19-21(10-15)31-9-8-30-19/h2-7,10-11,18,26H,8-9,12-13H2,1H3,(H2,23,24,27). The van der Waals surface area contributed by atoms with Gasteiger partial charge in [0.25, 0.3) is 0 Å². The molecule has 1 unspecified atom stereocenters. The first-order valence-electron chi connectivity index (χ1n) is 10.1. The van der Waals surface area contributed by atoms with E-state index >= 15 is 0 Å². The first-order valence-corrected chi connectivity index (χ1v) is 12.0.